The topological polar surface area (TPSA) is 49.8 Å². The Morgan fingerprint density at radius 2 is 1.75 bits per heavy atom. The highest BCUT2D eigenvalue weighted by molar-refractivity contribution is 6.31. The summed E-state index contributed by atoms with van der Waals surface area (Å²) < 4.78 is 13.3. The summed E-state index contributed by atoms with van der Waals surface area (Å²) in [4.78, 5) is 8.88. The van der Waals surface area contributed by atoms with Crippen LogP contribution < -0.4 is 10.6 Å². The molecular weight excluding hydrogens is 327 g/mol. The highest BCUT2D eigenvalue weighted by atomic mass is 35.5. The lowest BCUT2D eigenvalue weighted by atomic mass is 10.1. The van der Waals surface area contributed by atoms with Crippen LogP contribution >= 0.6 is 11.6 Å². The van der Waals surface area contributed by atoms with Crippen LogP contribution in [0.1, 0.15) is 44.3 Å². The average molecular weight is 349 g/mol. The lowest BCUT2D eigenvalue weighted by molar-refractivity contribution is 0.617. The van der Waals surface area contributed by atoms with Gasteiger partial charge in [-0.05, 0) is 38.0 Å². The molecule has 0 spiro atoms. The molecular formula is C18H22ClFN4. The SMILES string of the molecule is Cc1nc(Nc2ccc(F)c(Cl)c2)cc(NC2CCCCCC2)n1. The van der Waals surface area contributed by atoms with Gasteiger partial charge < -0.3 is 10.6 Å². The van der Waals surface area contributed by atoms with E-state index in [1.807, 2.05) is 13.0 Å². The van der Waals surface area contributed by atoms with Gasteiger partial charge in [0.25, 0.3) is 0 Å². The van der Waals surface area contributed by atoms with Crippen molar-refractivity contribution in [3.05, 3.63) is 40.9 Å². The number of halogens is 2. The van der Waals surface area contributed by atoms with E-state index in [2.05, 4.69) is 20.6 Å². The predicted octanol–water partition coefficient (Wildman–Crippen LogP) is 5.46. The number of aryl methyl sites for hydroxylation is 1. The molecule has 0 unspecified atom stereocenters. The fourth-order valence-electron chi connectivity index (χ4n) is 3.06. The van der Waals surface area contributed by atoms with E-state index in [4.69, 9.17) is 11.6 Å². The van der Waals surface area contributed by atoms with Crippen LogP contribution in [0.4, 0.5) is 21.7 Å². The van der Waals surface area contributed by atoms with E-state index in [-0.39, 0.29) is 5.02 Å². The van der Waals surface area contributed by atoms with Crippen molar-refractivity contribution in [2.45, 2.75) is 51.5 Å². The normalized spacial score (nSPS) is 15.8. The zero-order chi connectivity index (χ0) is 16.9. The molecule has 1 heterocycles. The molecule has 1 aliphatic carbocycles. The third-order valence-electron chi connectivity index (χ3n) is 4.24. The van der Waals surface area contributed by atoms with E-state index in [0.717, 1.165) is 5.82 Å². The van der Waals surface area contributed by atoms with E-state index in [1.165, 1.54) is 44.6 Å². The molecule has 0 atom stereocenters. The highest BCUT2D eigenvalue weighted by Gasteiger charge is 2.13. The summed E-state index contributed by atoms with van der Waals surface area (Å²) in [7, 11) is 0. The van der Waals surface area contributed by atoms with Crippen LogP contribution in [0.3, 0.4) is 0 Å². The first-order chi connectivity index (χ1) is 11.6. The largest absolute Gasteiger partial charge is 0.367 e. The molecule has 1 aliphatic rings. The van der Waals surface area contributed by atoms with Crippen molar-refractivity contribution in [1.82, 2.24) is 9.97 Å². The van der Waals surface area contributed by atoms with Crippen molar-refractivity contribution in [2.24, 2.45) is 0 Å². The monoisotopic (exact) mass is 348 g/mol. The predicted molar refractivity (Wildman–Crippen MR) is 96.6 cm³/mol. The van der Waals surface area contributed by atoms with Gasteiger partial charge >= 0.3 is 0 Å². The number of anilines is 3. The molecule has 128 valence electrons. The summed E-state index contributed by atoms with van der Waals surface area (Å²) in [5.74, 6) is 1.74. The Kier molecular flexibility index (Phi) is 5.51. The van der Waals surface area contributed by atoms with Gasteiger partial charge in [0.1, 0.15) is 23.3 Å². The Balaban J connectivity index is 1.74. The average Bonchev–Trinajstić information content (AvgIpc) is 2.79. The summed E-state index contributed by atoms with van der Waals surface area (Å²) in [5, 5.41) is 6.78. The molecule has 0 radical (unpaired) electrons. The van der Waals surface area contributed by atoms with Gasteiger partial charge in [-0.15, -0.1) is 0 Å². The van der Waals surface area contributed by atoms with Crippen molar-refractivity contribution in [2.75, 3.05) is 10.6 Å². The lowest BCUT2D eigenvalue weighted by Crippen LogP contribution is -2.19. The molecule has 1 aromatic heterocycles. The van der Waals surface area contributed by atoms with Gasteiger partial charge in [-0.3, -0.25) is 0 Å². The number of nitrogens with one attached hydrogen (secondary N) is 2. The third-order valence-corrected chi connectivity index (χ3v) is 4.53. The molecule has 6 heteroatoms. The van der Waals surface area contributed by atoms with Crippen LogP contribution in [-0.2, 0) is 0 Å². The van der Waals surface area contributed by atoms with E-state index in [0.29, 0.717) is 23.4 Å². The van der Waals surface area contributed by atoms with Gasteiger partial charge in [0.05, 0.1) is 5.02 Å². The zero-order valence-corrected chi connectivity index (χ0v) is 14.5. The number of aromatic nitrogens is 2. The minimum absolute atomic E-state index is 0.0857. The first kappa shape index (κ1) is 17.0. The van der Waals surface area contributed by atoms with Crippen molar-refractivity contribution < 1.29 is 4.39 Å². The molecule has 0 saturated heterocycles. The molecule has 1 fully saturated rings. The second-order valence-corrected chi connectivity index (χ2v) is 6.68. The second kappa shape index (κ2) is 7.79. The fourth-order valence-corrected chi connectivity index (χ4v) is 3.24. The van der Waals surface area contributed by atoms with Crippen LogP contribution in [0, 0.1) is 12.7 Å². The van der Waals surface area contributed by atoms with Gasteiger partial charge in [0, 0.05) is 17.8 Å². The zero-order valence-electron chi connectivity index (χ0n) is 13.8. The molecule has 1 aromatic carbocycles. The van der Waals surface area contributed by atoms with Gasteiger partial charge in [-0.25, -0.2) is 14.4 Å². The Morgan fingerprint density at radius 1 is 1.04 bits per heavy atom. The summed E-state index contributed by atoms with van der Waals surface area (Å²) >= 11 is 5.83. The number of rotatable bonds is 4. The van der Waals surface area contributed by atoms with Crippen LogP contribution in [0.25, 0.3) is 0 Å². The maximum absolute atomic E-state index is 13.3. The van der Waals surface area contributed by atoms with Gasteiger partial charge in [0.2, 0.25) is 0 Å². The molecule has 0 bridgehead atoms. The first-order valence-electron chi connectivity index (χ1n) is 8.44. The second-order valence-electron chi connectivity index (χ2n) is 6.27. The van der Waals surface area contributed by atoms with Crippen molar-refractivity contribution in [3.8, 4) is 0 Å². The van der Waals surface area contributed by atoms with E-state index >= 15 is 0 Å². The van der Waals surface area contributed by atoms with Crippen LogP contribution in [-0.4, -0.2) is 16.0 Å². The molecule has 0 aliphatic heterocycles. The molecule has 24 heavy (non-hydrogen) atoms. The Hall–Kier alpha value is -1.88. The number of hydrogen-bond donors (Lipinski definition) is 2. The molecule has 3 rings (SSSR count). The Morgan fingerprint density at radius 3 is 2.46 bits per heavy atom. The number of hydrogen-bond acceptors (Lipinski definition) is 4. The Bertz CT molecular complexity index is 699. The minimum atomic E-state index is -0.434. The third kappa shape index (κ3) is 4.57. The molecule has 4 nitrogen and oxygen atoms in total. The standard InChI is InChI=1S/C18H22ClFN4/c1-12-21-17(23-13-6-4-2-3-5-7-13)11-18(22-12)24-14-8-9-16(20)15(19)10-14/h8-11,13H,2-7H2,1H3,(H2,21,22,23,24). The summed E-state index contributed by atoms with van der Waals surface area (Å²) in [6.45, 7) is 1.86. The molecule has 2 aromatic rings. The number of benzene rings is 1. The van der Waals surface area contributed by atoms with E-state index < -0.39 is 5.82 Å². The van der Waals surface area contributed by atoms with Crippen molar-refractivity contribution >= 4 is 28.9 Å². The van der Waals surface area contributed by atoms with Crippen LogP contribution in [0.2, 0.25) is 5.02 Å². The smallest absolute Gasteiger partial charge is 0.141 e. The first-order valence-corrected chi connectivity index (χ1v) is 8.82. The maximum Gasteiger partial charge on any atom is 0.141 e. The lowest BCUT2D eigenvalue weighted by Gasteiger charge is -2.18. The van der Waals surface area contributed by atoms with Crippen molar-refractivity contribution in [3.63, 3.8) is 0 Å². The van der Waals surface area contributed by atoms with Crippen molar-refractivity contribution in [1.29, 1.82) is 0 Å². The molecule has 1 saturated carbocycles. The Labute approximate surface area is 146 Å². The van der Waals surface area contributed by atoms with Gasteiger partial charge in [-0.1, -0.05) is 37.3 Å². The molecule has 2 N–H and O–H groups in total. The summed E-state index contributed by atoms with van der Waals surface area (Å²) in [6, 6.07) is 6.87. The summed E-state index contributed by atoms with van der Waals surface area (Å²) in [5.41, 5.74) is 0.694. The quantitative estimate of drug-likeness (QED) is 0.721. The van der Waals surface area contributed by atoms with E-state index in [1.54, 1.807) is 12.1 Å². The molecule has 0 amide bonds. The maximum atomic E-state index is 13.3. The number of nitrogens with zero attached hydrogens (tertiary/aromatic N) is 2. The fraction of sp³-hybridized carbons (Fsp3) is 0.444. The van der Waals surface area contributed by atoms with Crippen LogP contribution in [0.5, 0.6) is 0 Å². The summed E-state index contributed by atoms with van der Waals surface area (Å²) in [6.07, 6.45) is 7.53. The highest BCUT2D eigenvalue weighted by Crippen LogP contribution is 2.24. The van der Waals surface area contributed by atoms with Crippen LogP contribution in [0.15, 0.2) is 24.3 Å². The van der Waals surface area contributed by atoms with Gasteiger partial charge in [0.15, 0.2) is 0 Å². The van der Waals surface area contributed by atoms with Gasteiger partial charge in [-0.2, -0.15) is 0 Å². The van der Waals surface area contributed by atoms with E-state index in [9.17, 15) is 4.39 Å². The minimum Gasteiger partial charge on any atom is -0.367 e.